The second-order valence-corrected chi connectivity index (χ2v) is 6.31. The molecule has 1 aromatic heterocycles. The standard InChI is InChI=1S/C20H19ClN4O/c1-14-18(12-22-23-20(26)17-10-6-7-11-19(17)21)15(2)25(24-14)13-16-8-4-3-5-9-16/h3-12H,13H2,1-2H3,(H,23,26)/b22-12-. The van der Waals surface area contributed by atoms with Gasteiger partial charge in [-0.3, -0.25) is 9.48 Å². The minimum absolute atomic E-state index is 0.348. The van der Waals surface area contributed by atoms with Crippen LogP contribution in [0, 0.1) is 13.8 Å². The smallest absolute Gasteiger partial charge is 0.267 e. The summed E-state index contributed by atoms with van der Waals surface area (Å²) in [5.74, 6) is -0.348. The second-order valence-electron chi connectivity index (χ2n) is 5.91. The topological polar surface area (TPSA) is 59.3 Å². The van der Waals surface area contributed by atoms with Gasteiger partial charge in [0.05, 0.1) is 29.0 Å². The van der Waals surface area contributed by atoms with Crippen LogP contribution in [-0.4, -0.2) is 21.9 Å². The number of amides is 1. The van der Waals surface area contributed by atoms with Gasteiger partial charge in [0.1, 0.15) is 0 Å². The fourth-order valence-electron chi connectivity index (χ4n) is 2.67. The number of nitrogens with zero attached hydrogens (tertiary/aromatic N) is 3. The van der Waals surface area contributed by atoms with Crippen LogP contribution in [-0.2, 0) is 6.54 Å². The SMILES string of the molecule is Cc1nn(Cc2ccccc2)c(C)c1/C=N\NC(=O)c1ccccc1Cl. The Morgan fingerprint density at radius 3 is 2.58 bits per heavy atom. The minimum atomic E-state index is -0.348. The normalized spacial score (nSPS) is 11.0. The van der Waals surface area contributed by atoms with Crippen molar-refractivity contribution in [3.63, 3.8) is 0 Å². The molecule has 0 saturated heterocycles. The van der Waals surface area contributed by atoms with Gasteiger partial charge < -0.3 is 0 Å². The number of benzene rings is 2. The van der Waals surface area contributed by atoms with E-state index in [4.69, 9.17) is 11.6 Å². The molecule has 0 radical (unpaired) electrons. The zero-order chi connectivity index (χ0) is 18.5. The van der Waals surface area contributed by atoms with Crippen LogP contribution in [0.2, 0.25) is 5.02 Å². The number of halogens is 1. The Kier molecular flexibility index (Phi) is 5.49. The van der Waals surface area contributed by atoms with Crippen molar-refractivity contribution in [2.24, 2.45) is 5.10 Å². The van der Waals surface area contributed by atoms with Gasteiger partial charge in [-0.1, -0.05) is 54.1 Å². The first-order valence-corrected chi connectivity index (χ1v) is 8.60. The molecule has 0 aliphatic rings. The number of hydrazone groups is 1. The lowest BCUT2D eigenvalue weighted by atomic mass is 10.2. The first-order chi connectivity index (χ1) is 12.6. The number of carbonyl (C=O) groups excluding carboxylic acids is 1. The Morgan fingerprint density at radius 2 is 1.85 bits per heavy atom. The highest BCUT2D eigenvalue weighted by atomic mass is 35.5. The van der Waals surface area contributed by atoms with E-state index in [9.17, 15) is 4.79 Å². The molecule has 3 aromatic rings. The Labute approximate surface area is 157 Å². The van der Waals surface area contributed by atoms with E-state index >= 15 is 0 Å². The fraction of sp³-hybridized carbons (Fsp3) is 0.150. The van der Waals surface area contributed by atoms with Gasteiger partial charge in [0.25, 0.3) is 5.91 Å². The number of aryl methyl sites for hydroxylation is 1. The van der Waals surface area contributed by atoms with Crippen molar-refractivity contribution < 1.29 is 4.79 Å². The van der Waals surface area contributed by atoms with Crippen molar-refractivity contribution in [2.45, 2.75) is 20.4 Å². The maximum atomic E-state index is 12.1. The molecule has 0 bridgehead atoms. The van der Waals surface area contributed by atoms with E-state index in [1.165, 1.54) is 5.56 Å². The Morgan fingerprint density at radius 1 is 1.15 bits per heavy atom. The Bertz CT molecular complexity index is 948. The van der Waals surface area contributed by atoms with Crippen LogP contribution >= 0.6 is 11.6 Å². The van der Waals surface area contributed by atoms with Gasteiger partial charge in [0, 0.05) is 11.3 Å². The van der Waals surface area contributed by atoms with E-state index < -0.39 is 0 Å². The summed E-state index contributed by atoms with van der Waals surface area (Å²) in [4.78, 5) is 12.1. The molecule has 3 rings (SSSR count). The second kappa shape index (κ2) is 7.97. The zero-order valence-electron chi connectivity index (χ0n) is 14.6. The molecule has 0 aliphatic carbocycles. The van der Waals surface area contributed by atoms with Crippen LogP contribution in [0.4, 0.5) is 0 Å². The van der Waals surface area contributed by atoms with E-state index in [2.05, 4.69) is 27.8 Å². The lowest BCUT2D eigenvalue weighted by Crippen LogP contribution is -2.18. The monoisotopic (exact) mass is 366 g/mol. The molecule has 6 heteroatoms. The van der Waals surface area contributed by atoms with Gasteiger partial charge in [-0.05, 0) is 31.5 Å². The minimum Gasteiger partial charge on any atom is -0.267 e. The molecule has 1 heterocycles. The summed E-state index contributed by atoms with van der Waals surface area (Å²) in [6.45, 7) is 4.60. The first-order valence-electron chi connectivity index (χ1n) is 8.22. The number of rotatable bonds is 5. The summed E-state index contributed by atoms with van der Waals surface area (Å²) in [5, 5.41) is 9.02. The van der Waals surface area contributed by atoms with Crippen LogP contribution in [0.1, 0.15) is 32.9 Å². The summed E-state index contributed by atoms with van der Waals surface area (Å²) in [7, 11) is 0. The molecular weight excluding hydrogens is 348 g/mol. The van der Waals surface area contributed by atoms with Gasteiger partial charge in [0.15, 0.2) is 0 Å². The molecule has 26 heavy (non-hydrogen) atoms. The van der Waals surface area contributed by atoms with Gasteiger partial charge in [-0.25, -0.2) is 5.43 Å². The molecule has 0 aliphatic heterocycles. The van der Waals surface area contributed by atoms with Crippen molar-refractivity contribution in [1.29, 1.82) is 0 Å². The van der Waals surface area contributed by atoms with Gasteiger partial charge in [-0.15, -0.1) is 0 Å². The van der Waals surface area contributed by atoms with Crippen LogP contribution in [0.15, 0.2) is 59.7 Å². The molecule has 132 valence electrons. The summed E-state index contributed by atoms with van der Waals surface area (Å²) in [6.07, 6.45) is 1.62. The number of aromatic nitrogens is 2. The number of hydrogen-bond acceptors (Lipinski definition) is 3. The summed E-state index contributed by atoms with van der Waals surface area (Å²) in [6, 6.07) is 17.0. The van der Waals surface area contributed by atoms with E-state index in [1.54, 1.807) is 30.5 Å². The van der Waals surface area contributed by atoms with E-state index in [-0.39, 0.29) is 5.91 Å². The third-order valence-electron chi connectivity index (χ3n) is 4.09. The summed E-state index contributed by atoms with van der Waals surface area (Å²) < 4.78 is 1.93. The third-order valence-corrected chi connectivity index (χ3v) is 4.42. The Balaban J connectivity index is 1.73. The maximum Gasteiger partial charge on any atom is 0.272 e. The van der Waals surface area contributed by atoms with Crippen LogP contribution < -0.4 is 5.43 Å². The number of nitrogens with one attached hydrogen (secondary N) is 1. The van der Waals surface area contributed by atoms with Crippen molar-refractivity contribution >= 4 is 23.7 Å². The quantitative estimate of drug-likeness (QED) is 0.548. The molecule has 5 nitrogen and oxygen atoms in total. The molecule has 0 fully saturated rings. The Hall–Kier alpha value is -2.92. The highest BCUT2D eigenvalue weighted by molar-refractivity contribution is 6.33. The van der Waals surface area contributed by atoms with Crippen molar-refractivity contribution in [3.05, 3.63) is 87.7 Å². The lowest BCUT2D eigenvalue weighted by Gasteiger charge is -2.04. The van der Waals surface area contributed by atoms with Crippen LogP contribution in [0.3, 0.4) is 0 Å². The molecule has 0 saturated carbocycles. The van der Waals surface area contributed by atoms with Gasteiger partial charge in [0.2, 0.25) is 0 Å². The van der Waals surface area contributed by atoms with Crippen molar-refractivity contribution in [3.8, 4) is 0 Å². The van der Waals surface area contributed by atoms with E-state index in [1.807, 2.05) is 36.7 Å². The average molecular weight is 367 g/mol. The predicted octanol–water partition coefficient (Wildman–Crippen LogP) is 3.97. The molecular formula is C20H19ClN4O. The van der Waals surface area contributed by atoms with Gasteiger partial charge in [-0.2, -0.15) is 10.2 Å². The highest BCUT2D eigenvalue weighted by Gasteiger charge is 2.11. The highest BCUT2D eigenvalue weighted by Crippen LogP contribution is 2.15. The zero-order valence-corrected chi connectivity index (χ0v) is 15.4. The van der Waals surface area contributed by atoms with Crippen molar-refractivity contribution in [2.75, 3.05) is 0 Å². The molecule has 2 aromatic carbocycles. The first kappa shape index (κ1) is 17.9. The van der Waals surface area contributed by atoms with Crippen LogP contribution in [0.5, 0.6) is 0 Å². The maximum absolute atomic E-state index is 12.1. The molecule has 1 amide bonds. The van der Waals surface area contributed by atoms with Crippen molar-refractivity contribution in [1.82, 2.24) is 15.2 Å². The lowest BCUT2D eigenvalue weighted by molar-refractivity contribution is 0.0955. The number of carbonyl (C=O) groups is 1. The largest absolute Gasteiger partial charge is 0.272 e. The number of hydrogen-bond donors (Lipinski definition) is 1. The summed E-state index contributed by atoms with van der Waals surface area (Å²) >= 11 is 6.02. The van der Waals surface area contributed by atoms with Crippen LogP contribution in [0.25, 0.3) is 0 Å². The predicted molar refractivity (Wildman–Crippen MR) is 104 cm³/mol. The third kappa shape index (κ3) is 4.00. The molecule has 1 N–H and O–H groups in total. The molecule has 0 spiro atoms. The average Bonchev–Trinajstić information content (AvgIpc) is 2.90. The van der Waals surface area contributed by atoms with E-state index in [0.29, 0.717) is 17.1 Å². The molecule has 0 atom stereocenters. The molecule has 0 unspecified atom stereocenters. The van der Waals surface area contributed by atoms with Gasteiger partial charge >= 0.3 is 0 Å². The summed E-state index contributed by atoms with van der Waals surface area (Å²) in [5.41, 5.74) is 6.81. The van der Waals surface area contributed by atoms with E-state index in [0.717, 1.165) is 17.0 Å². The fourth-order valence-corrected chi connectivity index (χ4v) is 2.89.